The van der Waals surface area contributed by atoms with E-state index in [1.54, 1.807) is 6.07 Å². The fourth-order valence-electron chi connectivity index (χ4n) is 2.00. The molecule has 0 aliphatic heterocycles. The first-order valence-electron chi connectivity index (χ1n) is 6.40. The zero-order valence-corrected chi connectivity index (χ0v) is 12.6. The van der Waals surface area contributed by atoms with Gasteiger partial charge in [0.1, 0.15) is 0 Å². The second-order valence-corrected chi connectivity index (χ2v) is 5.72. The van der Waals surface area contributed by atoms with Crippen molar-refractivity contribution < 1.29 is 5.21 Å². The topological polar surface area (TPSA) is 61.8 Å². The number of hydrogen-bond donors (Lipinski definition) is 2. The van der Waals surface area contributed by atoms with Gasteiger partial charge < -0.3 is 15.8 Å². The molecule has 4 nitrogen and oxygen atoms in total. The highest BCUT2D eigenvalue weighted by Gasteiger charge is 2.18. The highest BCUT2D eigenvalue weighted by molar-refractivity contribution is 6.31. The molecule has 0 radical (unpaired) electrons. The zero-order valence-electron chi connectivity index (χ0n) is 11.9. The second-order valence-electron chi connectivity index (χ2n) is 5.29. The molecule has 0 heterocycles. The molecule has 1 aromatic carbocycles. The van der Waals surface area contributed by atoms with Crippen LogP contribution in [0, 0.1) is 5.92 Å². The van der Waals surface area contributed by atoms with Crippen molar-refractivity contribution in [1.29, 1.82) is 0 Å². The van der Waals surface area contributed by atoms with Crippen molar-refractivity contribution >= 4 is 23.1 Å². The Labute approximate surface area is 119 Å². The lowest BCUT2D eigenvalue weighted by Gasteiger charge is -2.32. The van der Waals surface area contributed by atoms with E-state index in [0.29, 0.717) is 22.5 Å². The molecule has 0 amide bonds. The SMILES string of the molecule is CC(C)CN(c1ccc(Cl)cc1C(N)=NO)C(C)C. The summed E-state index contributed by atoms with van der Waals surface area (Å²) in [6, 6.07) is 5.77. The number of anilines is 1. The summed E-state index contributed by atoms with van der Waals surface area (Å²) in [5.41, 5.74) is 7.34. The van der Waals surface area contributed by atoms with E-state index in [1.807, 2.05) is 12.1 Å². The average Bonchev–Trinajstić information content (AvgIpc) is 2.34. The summed E-state index contributed by atoms with van der Waals surface area (Å²) in [5.74, 6) is 0.588. The molecule has 1 aromatic rings. The number of halogens is 1. The number of nitrogens with zero attached hydrogens (tertiary/aromatic N) is 2. The number of hydrogen-bond acceptors (Lipinski definition) is 3. The highest BCUT2D eigenvalue weighted by Crippen LogP contribution is 2.26. The van der Waals surface area contributed by atoms with E-state index in [0.717, 1.165) is 12.2 Å². The summed E-state index contributed by atoms with van der Waals surface area (Å²) >= 11 is 6.00. The van der Waals surface area contributed by atoms with Gasteiger partial charge in [0.25, 0.3) is 0 Å². The van der Waals surface area contributed by atoms with Gasteiger partial charge in [0.05, 0.1) is 0 Å². The Morgan fingerprint density at radius 2 is 2.00 bits per heavy atom. The number of oxime groups is 1. The molecular formula is C14H22ClN3O. The molecule has 0 aliphatic carbocycles. The minimum absolute atomic E-state index is 0.0758. The van der Waals surface area contributed by atoms with Crippen LogP contribution in [0.2, 0.25) is 5.02 Å². The fourth-order valence-corrected chi connectivity index (χ4v) is 2.17. The molecule has 3 N–H and O–H groups in total. The molecule has 0 fully saturated rings. The van der Waals surface area contributed by atoms with Gasteiger partial charge in [-0.3, -0.25) is 0 Å². The van der Waals surface area contributed by atoms with Gasteiger partial charge in [-0.05, 0) is 38.0 Å². The van der Waals surface area contributed by atoms with Crippen molar-refractivity contribution in [3.63, 3.8) is 0 Å². The molecule has 106 valence electrons. The van der Waals surface area contributed by atoms with Crippen molar-refractivity contribution in [2.24, 2.45) is 16.8 Å². The van der Waals surface area contributed by atoms with Crippen molar-refractivity contribution in [3.05, 3.63) is 28.8 Å². The molecule has 0 saturated heterocycles. The minimum Gasteiger partial charge on any atom is -0.409 e. The van der Waals surface area contributed by atoms with Crippen LogP contribution in [0.5, 0.6) is 0 Å². The first-order valence-corrected chi connectivity index (χ1v) is 6.78. The second kappa shape index (κ2) is 6.66. The van der Waals surface area contributed by atoms with Gasteiger partial charge in [-0.15, -0.1) is 0 Å². The molecule has 0 aliphatic rings. The van der Waals surface area contributed by atoms with E-state index in [1.165, 1.54) is 0 Å². The van der Waals surface area contributed by atoms with Gasteiger partial charge in [-0.25, -0.2) is 0 Å². The number of rotatable bonds is 5. The third-order valence-corrected chi connectivity index (χ3v) is 3.07. The van der Waals surface area contributed by atoms with Gasteiger partial charge in [-0.2, -0.15) is 0 Å². The molecule has 0 saturated carbocycles. The molecule has 0 aromatic heterocycles. The van der Waals surface area contributed by atoms with E-state index < -0.39 is 0 Å². The van der Waals surface area contributed by atoms with E-state index >= 15 is 0 Å². The Hall–Kier alpha value is -1.42. The number of benzene rings is 1. The third-order valence-electron chi connectivity index (χ3n) is 2.84. The average molecular weight is 284 g/mol. The van der Waals surface area contributed by atoms with Crippen LogP contribution < -0.4 is 10.6 Å². The maximum Gasteiger partial charge on any atom is 0.172 e. The first-order chi connectivity index (χ1) is 8.86. The molecule has 0 spiro atoms. The van der Waals surface area contributed by atoms with Gasteiger partial charge >= 0.3 is 0 Å². The van der Waals surface area contributed by atoms with Crippen LogP contribution >= 0.6 is 11.6 Å². The predicted octanol–water partition coefficient (Wildman–Crippen LogP) is 3.31. The highest BCUT2D eigenvalue weighted by atomic mass is 35.5. The fraction of sp³-hybridized carbons (Fsp3) is 0.500. The monoisotopic (exact) mass is 283 g/mol. The quantitative estimate of drug-likeness (QED) is 0.377. The Bertz CT molecular complexity index is 458. The predicted molar refractivity (Wildman–Crippen MR) is 81.3 cm³/mol. The van der Waals surface area contributed by atoms with E-state index in [2.05, 4.69) is 37.8 Å². The van der Waals surface area contributed by atoms with Crippen LogP contribution in [0.1, 0.15) is 33.3 Å². The Kier molecular flexibility index (Phi) is 5.48. The van der Waals surface area contributed by atoms with Crippen molar-refractivity contribution in [3.8, 4) is 0 Å². The normalized spacial score (nSPS) is 12.3. The maximum atomic E-state index is 8.91. The first kappa shape index (κ1) is 15.6. The van der Waals surface area contributed by atoms with Crippen LogP contribution in [0.3, 0.4) is 0 Å². The summed E-state index contributed by atoms with van der Waals surface area (Å²) in [5, 5.41) is 12.6. The zero-order chi connectivity index (χ0) is 14.6. The van der Waals surface area contributed by atoms with Crippen molar-refractivity contribution in [2.75, 3.05) is 11.4 Å². The summed E-state index contributed by atoms with van der Waals surface area (Å²) in [4.78, 5) is 2.23. The Morgan fingerprint density at radius 3 is 2.47 bits per heavy atom. The van der Waals surface area contributed by atoms with Crippen LogP contribution in [-0.4, -0.2) is 23.6 Å². The molecule has 19 heavy (non-hydrogen) atoms. The van der Waals surface area contributed by atoms with Gasteiger partial charge in [0, 0.05) is 28.9 Å². The standard InChI is InChI=1S/C14H22ClN3O/c1-9(2)8-18(10(3)4)13-6-5-11(15)7-12(13)14(16)17-19/h5-7,9-10,19H,8H2,1-4H3,(H2,16,17). The third kappa shape index (κ3) is 4.03. The smallest absolute Gasteiger partial charge is 0.172 e. The van der Waals surface area contributed by atoms with E-state index in [9.17, 15) is 0 Å². The molecular weight excluding hydrogens is 262 g/mol. The lowest BCUT2D eigenvalue weighted by atomic mass is 10.1. The number of nitrogens with two attached hydrogens (primary N) is 1. The maximum absolute atomic E-state index is 8.91. The van der Waals surface area contributed by atoms with Gasteiger partial charge in [0.2, 0.25) is 0 Å². The van der Waals surface area contributed by atoms with Crippen LogP contribution in [-0.2, 0) is 0 Å². The molecule has 0 atom stereocenters. The number of amidine groups is 1. The van der Waals surface area contributed by atoms with Gasteiger partial charge in [-0.1, -0.05) is 30.6 Å². The summed E-state index contributed by atoms with van der Waals surface area (Å²) < 4.78 is 0. The largest absolute Gasteiger partial charge is 0.409 e. The summed E-state index contributed by atoms with van der Waals surface area (Å²) in [6.07, 6.45) is 0. The summed E-state index contributed by atoms with van der Waals surface area (Å²) in [6.45, 7) is 9.45. The molecule has 1 rings (SSSR count). The molecule has 0 bridgehead atoms. The van der Waals surface area contributed by atoms with Crippen LogP contribution in [0.25, 0.3) is 0 Å². The molecule has 5 heteroatoms. The van der Waals surface area contributed by atoms with E-state index in [4.69, 9.17) is 22.5 Å². The van der Waals surface area contributed by atoms with Crippen LogP contribution in [0.4, 0.5) is 5.69 Å². The Morgan fingerprint density at radius 1 is 1.37 bits per heavy atom. The van der Waals surface area contributed by atoms with Crippen LogP contribution in [0.15, 0.2) is 23.4 Å². The van der Waals surface area contributed by atoms with Crippen molar-refractivity contribution in [2.45, 2.75) is 33.7 Å². The molecule has 0 unspecified atom stereocenters. The summed E-state index contributed by atoms with van der Waals surface area (Å²) in [7, 11) is 0. The lowest BCUT2D eigenvalue weighted by molar-refractivity contribution is 0.318. The van der Waals surface area contributed by atoms with Gasteiger partial charge in [0.15, 0.2) is 5.84 Å². The minimum atomic E-state index is 0.0758. The van der Waals surface area contributed by atoms with Crippen molar-refractivity contribution in [1.82, 2.24) is 0 Å². The lowest BCUT2D eigenvalue weighted by Crippen LogP contribution is -2.35. The Balaban J connectivity index is 3.29. The van der Waals surface area contributed by atoms with E-state index in [-0.39, 0.29) is 5.84 Å².